The van der Waals surface area contributed by atoms with E-state index in [1.54, 1.807) is 32.9 Å². The third-order valence-corrected chi connectivity index (χ3v) is 5.10. The van der Waals surface area contributed by atoms with Gasteiger partial charge in [-0.25, -0.2) is 14.2 Å². The Hall–Kier alpha value is -3.20. The van der Waals surface area contributed by atoms with E-state index >= 15 is 0 Å². The molecule has 0 spiro atoms. The average molecular weight is 518 g/mol. The summed E-state index contributed by atoms with van der Waals surface area (Å²) in [7, 11) is 0. The molecule has 0 unspecified atom stereocenters. The van der Waals surface area contributed by atoms with Crippen molar-refractivity contribution < 1.29 is 18.7 Å². The predicted molar refractivity (Wildman–Crippen MR) is 126 cm³/mol. The molecule has 0 atom stereocenters. The van der Waals surface area contributed by atoms with Gasteiger partial charge in [0.05, 0.1) is 6.54 Å². The number of hydrogen-bond donors (Lipinski definition) is 1. The Bertz CT molecular complexity index is 1170. The van der Waals surface area contributed by atoms with E-state index in [2.05, 4.69) is 26.2 Å². The van der Waals surface area contributed by atoms with Crippen molar-refractivity contribution in [2.45, 2.75) is 46.1 Å². The number of amides is 1. The summed E-state index contributed by atoms with van der Waals surface area (Å²) in [5, 5.41) is 2.72. The second-order valence-electron chi connectivity index (χ2n) is 8.39. The molecule has 1 heterocycles. The molecule has 9 heteroatoms. The van der Waals surface area contributed by atoms with Crippen LogP contribution in [0, 0.1) is 5.82 Å². The smallest absolute Gasteiger partial charge is 0.407 e. The molecule has 3 rings (SSSR count). The minimum Gasteiger partial charge on any atom is -0.472 e. The van der Waals surface area contributed by atoms with Crippen LogP contribution < -0.4 is 15.6 Å². The number of hydrogen-bond acceptors (Lipinski definition) is 5. The van der Waals surface area contributed by atoms with Crippen LogP contribution in [0.15, 0.2) is 64.1 Å². The lowest BCUT2D eigenvalue weighted by molar-refractivity contribution is 0.0523. The number of halogens is 2. The third kappa shape index (κ3) is 7.42. The first-order valence-electron chi connectivity index (χ1n) is 10.3. The highest BCUT2D eigenvalue weighted by Crippen LogP contribution is 2.19. The van der Waals surface area contributed by atoms with Crippen molar-refractivity contribution in [2.24, 2.45) is 0 Å². The van der Waals surface area contributed by atoms with Crippen molar-refractivity contribution in [2.75, 3.05) is 0 Å². The monoisotopic (exact) mass is 517 g/mol. The Morgan fingerprint density at radius 2 is 1.82 bits per heavy atom. The normalized spacial score (nSPS) is 11.2. The third-order valence-electron chi connectivity index (χ3n) is 4.42. The Morgan fingerprint density at radius 1 is 1.12 bits per heavy atom. The molecule has 0 saturated carbocycles. The maximum atomic E-state index is 13.0. The fourth-order valence-electron chi connectivity index (χ4n) is 2.92. The van der Waals surface area contributed by atoms with Crippen LogP contribution in [-0.4, -0.2) is 21.2 Å². The largest absolute Gasteiger partial charge is 0.472 e. The van der Waals surface area contributed by atoms with E-state index in [1.807, 2.05) is 24.3 Å². The maximum absolute atomic E-state index is 13.0. The lowest BCUT2D eigenvalue weighted by atomic mass is 10.1. The summed E-state index contributed by atoms with van der Waals surface area (Å²) in [5.74, 6) is -0.166. The molecule has 33 heavy (non-hydrogen) atoms. The number of carbonyl (C=O) groups is 1. The molecule has 7 nitrogen and oxygen atoms in total. The van der Waals surface area contributed by atoms with Gasteiger partial charge in [-0.1, -0.05) is 36.4 Å². The van der Waals surface area contributed by atoms with Crippen LogP contribution in [0.3, 0.4) is 0 Å². The standard InChI is InChI=1S/C24H25BrFN3O4/c1-24(2,3)33-23(31)27-12-17-5-4-6-18(11-17)13-29-15-28-21(20(25)22(29)30)32-14-16-7-9-19(26)10-8-16/h4-11,15H,12-14H2,1-3H3,(H,27,31). The quantitative estimate of drug-likeness (QED) is 0.486. The van der Waals surface area contributed by atoms with Gasteiger partial charge in [0.1, 0.15) is 28.8 Å². The van der Waals surface area contributed by atoms with Gasteiger partial charge >= 0.3 is 6.09 Å². The Labute approximate surface area is 199 Å². The number of carbonyl (C=O) groups excluding carboxylic acids is 1. The summed E-state index contributed by atoms with van der Waals surface area (Å²) >= 11 is 3.27. The molecule has 3 aromatic rings. The molecule has 0 saturated heterocycles. The molecule has 1 N–H and O–H groups in total. The first-order valence-corrected chi connectivity index (χ1v) is 11.1. The van der Waals surface area contributed by atoms with Crippen LogP contribution in [0.1, 0.15) is 37.5 Å². The minimum atomic E-state index is -0.567. The molecule has 0 aliphatic heterocycles. The first-order chi connectivity index (χ1) is 15.6. The maximum Gasteiger partial charge on any atom is 0.407 e. The highest BCUT2D eigenvalue weighted by molar-refractivity contribution is 9.10. The van der Waals surface area contributed by atoms with E-state index in [-0.39, 0.29) is 28.3 Å². The number of aromatic nitrogens is 2. The molecule has 0 fully saturated rings. The zero-order valence-electron chi connectivity index (χ0n) is 18.6. The topological polar surface area (TPSA) is 82.4 Å². The molecular weight excluding hydrogens is 493 g/mol. The molecule has 0 aliphatic rings. The molecule has 0 aliphatic carbocycles. The van der Waals surface area contributed by atoms with Gasteiger partial charge in [-0.15, -0.1) is 0 Å². The minimum absolute atomic E-state index is 0.155. The van der Waals surface area contributed by atoms with Crippen LogP contribution in [0.5, 0.6) is 5.88 Å². The van der Waals surface area contributed by atoms with Crippen LogP contribution >= 0.6 is 15.9 Å². The second kappa shape index (κ2) is 10.6. The van der Waals surface area contributed by atoms with Crippen LogP contribution in [-0.2, 0) is 24.4 Å². The van der Waals surface area contributed by atoms with E-state index in [1.165, 1.54) is 23.0 Å². The van der Waals surface area contributed by atoms with Crippen molar-refractivity contribution >= 4 is 22.0 Å². The van der Waals surface area contributed by atoms with E-state index in [4.69, 9.17) is 9.47 Å². The Morgan fingerprint density at radius 3 is 2.52 bits per heavy atom. The molecule has 1 amide bonds. The van der Waals surface area contributed by atoms with Gasteiger partial charge in [0.25, 0.3) is 5.56 Å². The van der Waals surface area contributed by atoms with Crippen LogP contribution in [0.2, 0.25) is 0 Å². The fourth-order valence-corrected chi connectivity index (χ4v) is 3.36. The summed E-state index contributed by atoms with van der Waals surface area (Å²) in [4.78, 5) is 28.8. The number of nitrogens with zero attached hydrogens (tertiary/aromatic N) is 2. The molecule has 0 radical (unpaired) electrons. The fraction of sp³-hybridized carbons (Fsp3) is 0.292. The lowest BCUT2D eigenvalue weighted by Crippen LogP contribution is -2.32. The molecule has 0 bridgehead atoms. The summed E-state index contributed by atoms with van der Waals surface area (Å²) < 4.78 is 25.5. The van der Waals surface area contributed by atoms with E-state index in [0.717, 1.165) is 16.7 Å². The van der Waals surface area contributed by atoms with Crippen molar-refractivity contribution in [3.8, 4) is 5.88 Å². The number of benzene rings is 2. The highest BCUT2D eigenvalue weighted by Gasteiger charge is 2.16. The van der Waals surface area contributed by atoms with Crippen molar-refractivity contribution in [1.29, 1.82) is 0 Å². The zero-order valence-corrected chi connectivity index (χ0v) is 20.2. The number of ether oxygens (including phenoxy) is 2. The molecule has 2 aromatic carbocycles. The Kier molecular flexibility index (Phi) is 7.86. The lowest BCUT2D eigenvalue weighted by Gasteiger charge is -2.19. The van der Waals surface area contributed by atoms with Gasteiger partial charge in [0.2, 0.25) is 5.88 Å². The van der Waals surface area contributed by atoms with E-state index in [0.29, 0.717) is 13.1 Å². The summed E-state index contributed by atoms with van der Waals surface area (Å²) in [6, 6.07) is 13.4. The summed E-state index contributed by atoms with van der Waals surface area (Å²) in [6.07, 6.45) is 0.923. The summed E-state index contributed by atoms with van der Waals surface area (Å²) in [6.45, 7) is 6.16. The Balaban J connectivity index is 1.64. The molecular formula is C24H25BrFN3O4. The molecule has 1 aromatic heterocycles. The number of rotatable bonds is 7. The van der Waals surface area contributed by atoms with Crippen LogP contribution in [0.4, 0.5) is 9.18 Å². The van der Waals surface area contributed by atoms with Gasteiger partial charge in [-0.2, -0.15) is 0 Å². The first kappa shape index (κ1) is 24.4. The number of nitrogens with one attached hydrogen (secondary N) is 1. The van der Waals surface area contributed by atoms with Gasteiger partial charge in [-0.3, -0.25) is 9.36 Å². The van der Waals surface area contributed by atoms with Crippen molar-refractivity contribution in [3.05, 3.63) is 92.2 Å². The highest BCUT2D eigenvalue weighted by atomic mass is 79.9. The van der Waals surface area contributed by atoms with Gasteiger partial charge < -0.3 is 14.8 Å². The summed E-state index contributed by atoms with van der Waals surface area (Å²) in [5.41, 5.74) is 1.64. The van der Waals surface area contributed by atoms with Gasteiger partial charge in [0.15, 0.2) is 0 Å². The van der Waals surface area contributed by atoms with Crippen LogP contribution in [0.25, 0.3) is 0 Å². The van der Waals surface area contributed by atoms with Crippen molar-refractivity contribution in [1.82, 2.24) is 14.9 Å². The predicted octanol–water partition coefficient (Wildman–Crippen LogP) is 4.80. The SMILES string of the molecule is CC(C)(C)OC(=O)NCc1cccc(Cn2cnc(OCc3ccc(F)cc3)c(Br)c2=O)c1. The van der Waals surface area contributed by atoms with Crippen molar-refractivity contribution in [3.63, 3.8) is 0 Å². The van der Waals surface area contributed by atoms with E-state index < -0.39 is 11.7 Å². The average Bonchev–Trinajstić information content (AvgIpc) is 2.75. The van der Waals surface area contributed by atoms with E-state index in [9.17, 15) is 14.0 Å². The van der Waals surface area contributed by atoms with Gasteiger partial charge in [0, 0.05) is 6.54 Å². The zero-order chi connectivity index (χ0) is 24.0. The second-order valence-corrected chi connectivity index (χ2v) is 9.18. The number of alkyl carbamates (subject to hydrolysis) is 1. The molecule has 174 valence electrons. The van der Waals surface area contributed by atoms with Gasteiger partial charge in [-0.05, 0) is 65.5 Å².